The normalized spacial score (nSPS) is 16.4. The second-order valence-electron chi connectivity index (χ2n) is 3.93. The van der Waals surface area contributed by atoms with E-state index in [0.29, 0.717) is 11.7 Å². The number of halogens is 1. The predicted molar refractivity (Wildman–Crippen MR) is 65.4 cm³/mol. The van der Waals surface area contributed by atoms with Gasteiger partial charge in [-0.05, 0) is 40.6 Å². The lowest BCUT2D eigenvalue weighted by Crippen LogP contribution is -2.15. The van der Waals surface area contributed by atoms with E-state index >= 15 is 0 Å². The fraction of sp³-hybridized carbons (Fsp3) is 0.417. The second kappa shape index (κ2) is 4.43. The molecule has 1 fully saturated rings. The highest BCUT2D eigenvalue weighted by Gasteiger charge is 2.21. The topological polar surface area (TPSA) is 17.1 Å². The Morgan fingerprint density at radius 2 is 1.93 bits per heavy atom. The van der Waals surface area contributed by atoms with Crippen LogP contribution in [-0.2, 0) is 0 Å². The molecule has 0 N–H and O–H groups in total. The van der Waals surface area contributed by atoms with E-state index in [-0.39, 0.29) is 0 Å². The molecule has 0 atom stereocenters. The Kier molecular flexibility index (Phi) is 3.21. The van der Waals surface area contributed by atoms with Crippen molar-refractivity contribution in [2.45, 2.75) is 25.7 Å². The van der Waals surface area contributed by atoms with E-state index in [0.717, 1.165) is 12.0 Å². The average molecular weight is 300 g/mol. The maximum atomic E-state index is 11.8. The molecule has 2 heteroatoms. The first kappa shape index (κ1) is 10.1. The van der Waals surface area contributed by atoms with Gasteiger partial charge in [-0.3, -0.25) is 4.79 Å². The molecule has 0 amide bonds. The zero-order valence-electron chi connectivity index (χ0n) is 8.00. The van der Waals surface area contributed by atoms with Gasteiger partial charge in [0.1, 0.15) is 0 Å². The fourth-order valence-electron chi connectivity index (χ4n) is 1.71. The number of carbonyl (C=O) groups is 1. The number of ketones is 1. The molecule has 0 radical (unpaired) electrons. The van der Waals surface area contributed by atoms with Gasteiger partial charge in [0.2, 0.25) is 0 Å². The third kappa shape index (κ3) is 2.35. The van der Waals surface area contributed by atoms with Crippen LogP contribution in [0.1, 0.15) is 36.0 Å². The van der Waals surface area contributed by atoms with Gasteiger partial charge >= 0.3 is 0 Å². The molecule has 0 unspecified atom stereocenters. The van der Waals surface area contributed by atoms with E-state index < -0.39 is 0 Å². The van der Waals surface area contributed by atoms with Crippen LogP contribution in [0.15, 0.2) is 24.3 Å². The van der Waals surface area contributed by atoms with E-state index in [9.17, 15) is 4.79 Å². The predicted octanol–water partition coefficient (Wildman–Crippen LogP) is 3.66. The monoisotopic (exact) mass is 300 g/mol. The highest BCUT2D eigenvalue weighted by atomic mass is 127. The smallest absolute Gasteiger partial charge is 0.163 e. The van der Waals surface area contributed by atoms with Crippen LogP contribution in [0.2, 0.25) is 0 Å². The SMILES string of the molecule is O=C(CC1CCC1)c1ccc(I)cc1. The van der Waals surface area contributed by atoms with Gasteiger partial charge in [0.05, 0.1) is 0 Å². The highest BCUT2D eigenvalue weighted by Crippen LogP contribution is 2.30. The van der Waals surface area contributed by atoms with Gasteiger partial charge in [-0.2, -0.15) is 0 Å². The summed E-state index contributed by atoms with van der Waals surface area (Å²) in [4.78, 5) is 11.8. The summed E-state index contributed by atoms with van der Waals surface area (Å²) in [5, 5.41) is 0. The lowest BCUT2D eigenvalue weighted by Gasteiger charge is -2.24. The van der Waals surface area contributed by atoms with Crippen LogP contribution >= 0.6 is 22.6 Å². The molecular formula is C12H13IO. The number of carbonyl (C=O) groups excluding carboxylic acids is 1. The molecule has 14 heavy (non-hydrogen) atoms. The molecule has 1 aromatic rings. The Hall–Kier alpha value is -0.380. The summed E-state index contributed by atoms with van der Waals surface area (Å²) >= 11 is 2.25. The Morgan fingerprint density at radius 3 is 2.43 bits per heavy atom. The Balaban J connectivity index is 1.99. The number of benzene rings is 1. The van der Waals surface area contributed by atoms with E-state index in [1.165, 1.54) is 22.8 Å². The average Bonchev–Trinajstić information content (AvgIpc) is 2.12. The maximum Gasteiger partial charge on any atom is 0.163 e. The van der Waals surface area contributed by atoms with Crippen LogP contribution < -0.4 is 0 Å². The zero-order valence-corrected chi connectivity index (χ0v) is 10.2. The Labute approximate surface area is 98.0 Å². The third-order valence-electron chi connectivity index (χ3n) is 2.87. The van der Waals surface area contributed by atoms with Crippen LogP contribution in [0.25, 0.3) is 0 Å². The van der Waals surface area contributed by atoms with Gasteiger partial charge in [-0.1, -0.05) is 31.4 Å². The quantitative estimate of drug-likeness (QED) is 0.615. The Morgan fingerprint density at radius 1 is 1.29 bits per heavy atom. The summed E-state index contributed by atoms with van der Waals surface area (Å²) in [6.45, 7) is 0. The van der Waals surface area contributed by atoms with Crippen molar-refractivity contribution in [3.63, 3.8) is 0 Å². The molecule has 1 aliphatic carbocycles. The summed E-state index contributed by atoms with van der Waals surface area (Å²) < 4.78 is 1.18. The molecule has 0 heterocycles. The largest absolute Gasteiger partial charge is 0.294 e. The molecule has 0 spiro atoms. The van der Waals surface area contributed by atoms with Gasteiger partial charge in [-0.15, -0.1) is 0 Å². The number of Topliss-reactive ketones (excluding diaryl/α,β-unsaturated/α-hetero) is 1. The minimum Gasteiger partial charge on any atom is -0.294 e. The van der Waals surface area contributed by atoms with Crippen molar-refractivity contribution in [1.82, 2.24) is 0 Å². The molecule has 0 aliphatic heterocycles. The summed E-state index contributed by atoms with van der Waals surface area (Å²) in [7, 11) is 0. The van der Waals surface area contributed by atoms with Crippen LogP contribution in [0, 0.1) is 9.49 Å². The van der Waals surface area contributed by atoms with Gasteiger partial charge in [0.25, 0.3) is 0 Å². The summed E-state index contributed by atoms with van der Waals surface area (Å²) in [5.74, 6) is 0.980. The summed E-state index contributed by atoms with van der Waals surface area (Å²) in [6, 6.07) is 7.86. The maximum absolute atomic E-state index is 11.8. The lowest BCUT2D eigenvalue weighted by molar-refractivity contribution is 0.0936. The van der Waals surface area contributed by atoms with E-state index in [4.69, 9.17) is 0 Å². The summed E-state index contributed by atoms with van der Waals surface area (Å²) in [6.07, 6.45) is 4.55. The lowest BCUT2D eigenvalue weighted by atomic mass is 9.81. The van der Waals surface area contributed by atoms with Crippen LogP contribution in [-0.4, -0.2) is 5.78 Å². The number of hydrogen-bond donors (Lipinski definition) is 0. The van der Waals surface area contributed by atoms with Crippen molar-refractivity contribution in [3.05, 3.63) is 33.4 Å². The zero-order chi connectivity index (χ0) is 9.97. The number of rotatable bonds is 3. The van der Waals surface area contributed by atoms with Crippen molar-refractivity contribution in [3.8, 4) is 0 Å². The van der Waals surface area contributed by atoms with Crippen molar-refractivity contribution in [2.24, 2.45) is 5.92 Å². The van der Waals surface area contributed by atoms with Crippen LogP contribution in [0.3, 0.4) is 0 Å². The minimum absolute atomic E-state index is 0.311. The van der Waals surface area contributed by atoms with Gasteiger partial charge in [0, 0.05) is 15.6 Å². The number of hydrogen-bond acceptors (Lipinski definition) is 1. The van der Waals surface area contributed by atoms with Crippen LogP contribution in [0.4, 0.5) is 0 Å². The van der Waals surface area contributed by atoms with Crippen molar-refractivity contribution < 1.29 is 4.79 Å². The van der Waals surface area contributed by atoms with Crippen molar-refractivity contribution >= 4 is 28.4 Å². The second-order valence-corrected chi connectivity index (χ2v) is 5.18. The van der Waals surface area contributed by atoms with Gasteiger partial charge in [0.15, 0.2) is 5.78 Å². The third-order valence-corrected chi connectivity index (χ3v) is 3.58. The van der Waals surface area contributed by atoms with E-state index in [1.807, 2.05) is 24.3 Å². The van der Waals surface area contributed by atoms with Crippen molar-refractivity contribution in [1.29, 1.82) is 0 Å². The summed E-state index contributed by atoms with van der Waals surface area (Å²) in [5.41, 5.74) is 0.873. The molecule has 1 saturated carbocycles. The molecule has 1 aliphatic rings. The fourth-order valence-corrected chi connectivity index (χ4v) is 2.07. The van der Waals surface area contributed by atoms with Gasteiger partial charge in [-0.25, -0.2) is 0 Å². The molecule has 1 aromatic carbocycles. The highest BCUT2D eigenvalue weighted by molar-refractivity contribution is 14.1. The molecule has 0 aromatic heterocycles. The van der Waals surface area contributed by atoms with Gasteiger partial charge < -0.3 is 0 Å². The Bertz CT molecular complexity index is 325. The van der Waals surface area contributed by atoms with Crippen molar-refractivity contribution in [2.75, 3.05) is 0 Å². The molecule has 0 bridgehead atoms. The van der Waals surface area contributed by atoms with E-state index in [1.54, 1.807) is 0 Å². The molecule has 74 valence electrons. The standard InChI is InChI=1S/C12H13IO/c13-11-6-4-10(5-7-11)12(14)8-9-2-1-3-9/h4-7,9H,1-3,8H2. The minimum atomic E-state index is 0.311. The van der Waals surface area contributed by atoms with E-state index in [2.05, 4.69) is 22.6 Å². The molecular weight excluding hydrogens is 287 g/mol. The first-order chi connectivity index (χ1) is 6.75. The first-order valence-corrected chi connectivity index (χ1v) is 6.12. The molecule has 1 nitrogen and oxygen atoms in total. The van der Waals surface area contributed by atoms with Crippen LogP contribution in [0.5, 0.6) is 0 Å². The first-order valence-electron chi connectivity index (χ1n) is 5.04. The molecule has 2 rings (SSSR count). The molecule has 0 saturated heterocycles.